The summed E-state index contributed by atoms with van der Waals surface area (Å²) in [4.78, 5) is 27.6. The molecule has 28 heavy (non-hydrogen) atoms. The summed E-state index contributed by atoms with van der Waals surface area (Å²) in [5.41, 5.74) is 0.266. The van der Waals surface area contributed by atoms with Crippen LogP contribution in [0.1, 0.15) is 13.8 Å². The molecule has 0 radical (unpaired) electrons. The molecule has 0 saturated heterocycles. The summed E-state index contributed by atoms with van der Waals surface area (Å²) in [7, 11) is 1.59. The maximum absolute atomic E-state index is 13.3. The first kappa shape index (κ1) is 19.9. The van der Waals surface area contributed by atoms with Crippen LogP contribution < -0.4 is 15.0 Å². The number of anilines is 2. The average Bonchev–Trinajstić information content (AvgIpc) is 2.91. The lowest BCUT2D eigenvalue weighted by molar-refractivity contribution is -0.147. The van der Waals surface area contributed by atoms with Crippen molar-refractivity contribution in [3.05, 3.63) is 64.8 Å². The number of hydrogen-bond donors (Lipinski definition) is 1. The van der Waals surface area contributed by atoms with Gasteiger partial charge in [0.15, 0.2) is 5.54 Å². The smallest absolute Gasteiger partial charge is 0.337 e. The molecule has 0 spiro atoms. The third kappa shape index (κ3) is 3.38. The fourth-order valence-electron chi connectivity index (χ4n) is 3.08. The molecule has 1 atom stereocenters. The molecule has 1 aliphatic heterocycles. The Kier molecular flexibility index (Phi) is 5.74. The first-order valence-corrected chi connectivity index (χ1v) is 9.61. The molecular weight excluding hydrogens is 424 g/mol. The summed E-state index contributed by atoms with van der Waals surface area (Å²) in [6.07, 6.45) is 0. The molecule has 3 rings (SSSR count). The van der Waals surface area contributed by atoms with E-state index in [9.17, 15) is 9.59 Å². The monoisotopic (exact) mass is 444 g/mol. The van der Waals surface area contributed by atoms with Crippen LogP contribution in [0.5, 0.6) is 5.75 Å². The van der Waals surface area contributed by atoms with Crippen molar-refractivity contribution in [2.45, 2.75) is 19.4 Å². The summed E-state index contributed by atoms with van der Waals surface area (Å²) < 4.78 is 10.9. The number of nitrogens with zero attached hydrogens (tertiary/aromatic N) is 1. The van der Waals surface area contributed by atoms with E-state index in [0.717, 1.165) is 0 Å². The van der Waals surface area contributed by atoms with Crippen LogP contribution in [0.3, 0.4) is 0 Å². The predicted molar refractivity (Wildman–Crippen MR) is 112 cm³/mol. The third-order valence-corrected chi connectivity index (χ3v) is 5.73. The lowest BCUT2D eigenvalue weighted by atomic mass is 10.0. The SMILES string of the molecule is CCOC(=O)[C@]1(C)C(Br)=C(Nc2ccc(OC)cc2)C(=O)N1c1ccccc1. The Morgan fingerprint density at radius 3 is 2.36 bits per heavy atom. The number of carbonyl (C=O) groups is 2. The highest BCUT2D eigenvalue weighted by atomic mass is 79.9. The van der Waals surface area contributed by atoms with Gasteiger partial charge in [-0.25, -0.2) is 4.79 Å². The van der Waals surface area contributed by atoms with E-state index in [1.165, 1.54) is 4.90 Å². The van der Waals surface area contributed by atoms with Gasteiger partial charge in [-0.15, -0.1) is 0 Å². The van der Waals surface area contributed by atoms with Gasteiger partial charge in [0, 0.05) is 11.4 Å². The Balaban J connectivity index is 2.04. The first-order chi connectivity index (χ1) is 13.4. The van der Waals surface area contributed by atoms with Gasteiger partial charge in [-0.2, -0.15) is 0 Å². The van der Waals surface area contributed by atoms with E-state index in [2.05, 4.69) is 21.2 Å². The fourth-order valence-corrected chi connectivity index (χ4v) is 3.69. The molecule has 0 aromatic heterocycles. The normalized spacial score (nSPS) is 19.0. The van der Waals surface area contributed by atoms with Gasteiger partial charge in [0.2, 0.25) is 0 Å². The Morgan fingerprint density at radius 1 is 1.14 bits per heavy atom. The van der Waals surface area contributed by atoms with Crippen molar-refractivity contribution in [2.75, 3.05) is 23.9 Å². The number of amides is 1. The minimum absolute atomic E-state index is 0.215. The highest BCUT2D eigenvalue weighted by Gasteiger charge is 2.54. The molecule has 0 bridgehead atoms. The topological polar surface area (TPSA) is 67.9 Å². The fraction of sp³-hybridized carbons (Fsp3) is 0.238. The first-order valence-electron chi connectivity index (χ1n) is 8.81. The van der Waals surface area contributed by atoms with Gasteiger partial charge < -0.3 is 14.8 Å². The molecule has 0 unspecified atom stereocenters. The maximum Gasteiger partial charge on any atom is 0.337 e. The van der Waals surface area contributed by atoms with Crippen molar-refractivity contribution in [1.29, 1.82) is 0 Å². The Hall–Kier alpha value is -2.80. The van der Waals surface area contributed by atoms with Crippen molar-refractivity contribution >= 4 is 39.2 Å². The van der Waals surface area contributed by atoms with Crippen LogP contribution >= 0.6 is 15.9 Å². The van der Waals surface area contributed by atoms with E-state index in [4.69, 9.17) is 9.47 Å². The van der Waals surface area contributed by atoms with Crippen LogP contribution in [0, 0.1) is 0 Å². The van der Waals surface area contributed by atoms with Gasteiger partial charge in [0.25, 0.3) is 5.91 Å². The zero-order valence-corrected chi connectivity index (χ0v) is 17.4. The van der Waals surface area contributed by atoms with Crippen molar-refractivity contribution in [2.24, 2.45) is 0 Å². The number of ether oxygens (including phenoxy) is 2. The quantitative estimate of drug-likeness (QED) is 0.679. The zero-order chi connectivity index (χ0) is 20.3. The van der Waals surface area contributed by atoms with Crippen molar-refractivity contribution in [3.8, 4) is 5.75 Å². The molecule has 2 aromatic carbocycles. The minimum Gasteiger partial charge on any atom is -0.497 e. The van der Waals surface area contributed by atoms with Crippen LogP contribution in [0.2, 0.25) is 0 Å². The lowest BCUT2D eigenvalue weighted by Gasteiger charge is -2.33. The van der Waals surface area contributed by atoms with Crippen LogP contribution in [0.25, 0.3) is 0 Å². The van der Waals surface area contributed by atoms with E-state index >= 15 is 0 Å². The maximum atomic E-state index is 13.3. The second kappa shape index (κ2) is 8.06. The van der Waals surface area contributed by atoms with Gasteiger partial charge >= 0.3 is 5.97 Å². The van der Waals surface area contributed by atoms with Crippen molar-refractivity contribution in [1.82, 2.24) is 0 Å². The number of para-hydroxylation sites is 1. The number of carbonyl (C=O) groups excluding carboxylic acids is 2. The number of benzene rings is 2. The van der Waals surface area contributed by atoms with Gasteiger partial charge in [-0.1, -0.05) is 18.2 Å². The van der Waals surface area contributed by atoms with E-state index < -0.39 is 11.5 Å². The number of rotatable bonds is 6. The highest BCUT2D eigenvalue weighted by Crippen LogP contribution is 2.43. The summed E-state index contributed by atoms with van der Waals surface area (Å²) in [6, 6.07) is 16.2. The van der Waals surface area contributed by atoms with E-state index in [1.54, 1.807) is 57.4 Å². The van der Waals surface area contributed by atoms with Crippen LogP contribution in [-0.2, 0) is 14.3 Å². The Morgan fingerprint density at radius 2 is 1.79 bits per heavy atom. The van der Waals surface area contributed by atoms with Crippen molar-refractivity contribution in [3.63, 3.8) is 0 Å². The lowest BCUT2D eigenvalue weighted by Crippen LogP contribution is -2.52. The number of nitrogens with one attached hydrogen (secondary N) is 1. The second-order valence-corrected chi connectivity index (χ2v) is 7.10. The molecule has 6 nitrogen and oxygen atoms in total. The standard InChI is InChI=1S/C21H21BrN2O4/c1-4-28-20(26)21(2)18(22)17(23-14-10-12-16(27-3)13-11-14)19(25)24(21)15-8-6-5-7-9-15/h5-13,23H,4H2,1-3H3/t21-/m0/s1. The molecule has 0 saturated carbocycles. The highest BCUT2D eigenvalue weighted by molar-refractivity contribution is 9.11. The summed E-state index contributed by atoms with van der Waals surface area (Å²) in [5.74, 6) is -0.131. The molecule has 146 valence electrons. The molecule has 0 aliphatic carbocycles. The number of hydrogen-bond acceptors (Lipinski definition) is 5. The second-order valence-electron chi connectivity index (χ2n) is 6.31. The van der Waals surface area contributed by atoms with Gasteiger partial charge in [-0.05, 0) is 66.2 Å². The van der Waals surface area contributed by atoms with Crippen LogP contribution in [-0.4, -0.2) is 31.1 Å². The molecular formula is C21H21BrN2O4. The van der Waals surface area contributed by atoms with E-state index in [1.807, 2.05) is 18.2 Å². The zero-order valence-electron chi connectivity index (χ0n) is 15.9. The van der Waals surface area contributed by atoms with Gasteiger partial charge in [0.1, 0.15) is 11.4 Å². The molecule has 0 fully saturated rings. The molecule has 2 aromatic rings. The Bertz CT molecular complexity index is 912. The van der Waals surface area contributed by atoms with E-state index in [0.29, 0.717) is 21.6 Å². The molecule has 1 amide bonds. The molecule has 1 heterocycles. The number of esters is 1. The largest absolute Gasteiger partial charge is 0.497 e. The number of methoxy groups -OCH3 is 1. The third-order valence-electron chi connectivity index (χ3n) is 4.56. The molecule has 1 aliphatic rings. The summed E-state index contributed by atoms with van der Waals surface area (Å²) >= 11 is 3.49. The minimum atomic E-state index is -1.32. The van der Waals surface area contributed by atoms with Crippen LogP contribution in [0.15, 0.2) is 64.8 Å². The molecule has 1 N–H and O–H groups in total. The Labute approximate surface area is 172 Å². The average molecular weight is 445 g/mol. The number of halogens is 1. The molecule has 7 heteroatoms. The van der Waals surface area contributed by atoms with Crippen LogP contribution in [0.4, 0.5) is 11.4 Å². The summed E-state index contributed by atoms with van der Waals surface area (Å²) in [6.45, 7) is 3.62. The van der Waals surface area contributed by atoms with E-state index in [-0.39, 0.29) is 18.2 Å². The predicted octanol–water partition coefficient (Wildman–Crippen LogP) is 4.08. The van der Waals surface area contributed by atoms with Gasteiger partial charge in [0.05, 0.1) is 18.2 Å². The summed E-state index contributed by atoms with van der Waals surface area (Å²) in [5, 5.41) is 3.12. The van der Waals surface area contributed by atoms with Crippen molar-refractivity contribution < 1.29 is 19.1 Å². The van der Waals surface area contributed by atoms with Gasteiger partial charge in [-0.3, -0.25) is 9.69 Å².